The van der Waals surface area contributed by atoms with E-state index in [4.69, 9.17) is 0 Å². The van der Waals surface area contributed by atoms with Crippen molar-refractivity contribution in [3.05, 3.63) is 30.3 Å². The third-order valence-corrected chi connectivity index (χ3v) is 1.31. The van der Waals surface area contributed by atoms with Gasteiger partial charge in [-0.2, -0.15) is 0 Å². The SMILES string of the molecule is CCI.[PH3+]c1ccccc1. The largest absolute Gasteiger partial charge is 0.0867 e. The molecule has 0 radical (unpaired) electrons. The van der Waals surface area contributed by atoms with Crippen LogP contribution < -0.4 is 5.30 Å². The molecule has 2 heteroatoms. The van der Waals surface area contributed by atoms with Gasteiger partial charge in [0.15, 0.2) is 0 Å². The molecule has 0 aliphatic rings. The fourth-order valence-electron chi connectivity index (χ4n) is 0.478. The molecule has 0 aromatic heterocycles. The van der Waals surface area contributed by atoms with Crippen LogP contribution in [0.1, 0.15) is 6.92 Å². The van der Waals surface area contributed by atoms with E-state index in [9.17, 15) is 0 Å². The maximum absolute atomic E-state index is 2.29. The van der Waals surface area contributed by atoms with Crippen LogP contribution in [0.3, 0.4) is 0 Å². The van der Waals surface area contributed by atoms with Gasteiger partial charge < -0.3 is 0 Å². The van der Waals surface area contributed by atoms with E-state index in [1.165, 1.54) is 9.73 Å². The van der Waals surface area contributed by atoms with Gasteiger partial charge in [0.2, 0.25) is 0 Å². The van der Waals surface area contributed by atoms with Crippen molar-refractivity contribution in [1.29, 1.82) is 0 Å². The number of hydrogen-bond donors (Lipinski definition) is 0. The van der Waals surface area contributed by atoms with E-state index in [0.29, 0.717) is 0 Å². The summed E-state index contributed by atoms with van der Waals surface area (Å²) in [6.07, 6.45) is 0. The first-order valence-electron chi connectivity index (χ1n) is 3.24. The molecule has 1 aromatic rings. The number of alkyl halides is 1. The van der Waals surface area contributed by atoms with Crippen LogP contribution in [0.5, 0.6) is 0 Å². The van der Waals surface area contributed by atoms with Crippen LogP contribution in [0.2, 0.25) is 0 Å². The minimum absolute atomic E-state index is 1.22. The Kier molecular flexibility index (Phi) is 7.77. The van der Waals surface area contributed by atoms with Crippen LogP contribution in [0, 0.1) is 0 Å². The van der Waals surface area contributed by atoms with Gasteiger partial charge in [-0.05, 0) is 16.6 Å². The molecular formula is C8H13IP+. The second kappa shape index (κ2) is 7.49. The van der Waals surface area contributed by atoms with Gasteiger partial charge in [0.25, 0.3) is 0 Å². The van der Waals surface area contributed by atoms with E-state index in [-0.39, 0.29) is 0 Å². The fraction of sp³-hybridized carbons (Fsp3) is 0.250. The summed E-state index contributed by atoms with van der Waals surface area (Å²) in [4.78, 5) is 0. The van der Waals surface area contributed by atoms with E-state index in [0.717, 1.165) is 0 Å². The van der Waals surface area contributed by atoms with E-state index >= 15 is 0 Å². The number of rotatable bonds is 0. The van der Waals surface area contributed by atoms with Gasteiger partial charge in [0.05, 0.1) is 5.30 Å². The predicted molar refractivity (Wildman–Crippen MR) is 61.7 cm³/mol. The lowest BCUT2D eigenvalue weighted by Crippen LogP contribution is -1.82. The third kappa shape index (κ3) is 6.50. The van der Waals surface area contributed by atoms with Crippen molar-refractivity contribution in [3.8, 4) is 0 Å². The van der Waals surface area contributed by atoms with Gasteiger partial charge in [-0.3, -0.25) is 0 Å². The zero-order valence-electron chi connectivity index (χ0n) is 6.18. The Bertz CT molecular complexity index is 151. The Morgan fingerprint density at radius 1 is 1.30 bits per heavy atom. The zero-order chi connectivity index (χ0) is 7.82. The lowest BCUT2D eigenvalue weighted by atomic mass is 10.4. The summed E-state index contributed by atoms with van der Waals surface area (Å²) in [6, 6.07) is 10.3. The van der Waals surface area contributed by atoms with Crippen molar-refractivity contribution in [2.45, 2.75) is 6.92 Å². The topological polar surface area (TPSA) is 0 Å². The van der Waals surface area contributed by atoms with E-state index in [1.54, 1.807) is 0 Å². The summed E-state index contributed by atoms with van der Waals surface area (Å²) in [7, 11) is 1.90. The molecule has 0 heterocycles. The lowest BCUT2D eigenvalue weighted by Gasteiger charge is -1.77. The number of halogens is 1. The second-order valence-corrected chi connectivity index (χ2v) is 4.09. The molecule has 0 bridgehead atoms. The molecule has 0 amide bonds. The van der Waals surface area contributed by atoms with Gasteiger partial charge in [-0.15, -0.1) is 0 Å². The van der Waals surface area contributed by atoms with E-state index < -0.39 is 0 Å². The Labute approximate surface area is 78.8 Å². The van der Waals surface area contributed by atoms with Crippen LogP contribution in [-0.2, 0) is 0 Å². The first-order valence-corrected chi connectivity index (χ1v) is 5.47. The Balaban J connectivity index is 0.000000236. The maximum Gasteiger partial charge on any atom is 0.0865 e. The molecule has 0 spiro atoms. The van der Waals surface area contributed by atoms with Gasteiger partial charge in [0.1, 0.15) is 0 Å². The minimum atomic E-state index is 1.22. The van der Waals surface area contributed by atoms with Crippen molar-refractivity contribution in [2.24, 2.45) is 0 Å². The number of benzene rings is 1. The van der Waals surface area contributed by atoms with Gasteiger partial charge >= 0.3 is 0 Å². The van der Waals surface area contributed by atoms with Gasteiger partial charge in [0, 0.05) is 9.24 Å². The molecule has 0 aliphatic carbocycles. The van der Waals surface area contributed by atoms with E-state index in [1.807, 2.05) is 27.4 Å². The van der Waals surface area contributed by atoms with Gasteiger partial charge in [-0.25, -0.2) is 0 Å². The molecule has 1 rings (SSSR count). The molecule has 10 heavy (non-hydrogen) atoms. The summed E-state index contributed by atoms with van der Waals surface area (Å²) < 4.78 is 1.22. The summed E-state index contributed by atoms with van der Waals surface area (Å²) in [5.41, 5.74) is 0. The molecule has 0 fully saturated rings. The molecule has 56 valence electrons. The molecule has 0 saturated carbocycles. The van der Waals surface area contributed by atoms with Crippen LogP contribution in [0.15, 0.2) is 30.3 Å². The first kappa shape index (κ1) is 10.4. The highest BCUT2D eigenvalue weighted by Gasteiger charge is 1.78. The van der Waals surface area contributed by atoms with Crippen molar-refractivity contribution >= 4 is 37.1 Å². The molecule has 0 aliphatic heterocycles. The standard InChI is InChI=1S/C6H7P.C2H5I/c7-6-4-2-1-3-5-6;1-2-3/h1-5H,7H2;2H2,1H3/p+1. The Morgan fingerprint density at radius 2 is 1.70 bits per heavy atom. The highest BCUT2D eigenvalue weighted by Crippen LogP contribution is 1.86. The molecule has 0 N–H and O–H groups in total. The third-order valence-electron chi connectivity index (χ3n) is 0.843. The van der Waals surface area contributed by atoms with Crippen LogP contribution in [-0.4, -0.2) is 4.43 Å². The Hall–Kier alpha value is 0.380. The maximum atomic E-state index is 2.29. The normalized spacial score (nSPS) is 8.20. The molecule has 1 aromatic carbocycles. The zero-order valence-corrected chi connectivity index (χ0v) is 9.75. The highest BCUT2D eigenvalue weighted by molar-refractivity contribution is 14.1. The minimum Gasteiger partial charge on any atom is -0.0867 e. The molecule has 0 nitrogen and oxygen atoms in total. The predicted octanol–water partition coefficient (Wildman–Crippen LogP) is 2.36. The molecule has 1 unspecified atom stereocenters. The molecular weight excluding hydrogens is 254 g/mol. The van der Waals surface area contributed by atoms with E-state index in [2.05, 4.69) is 41.6 Å². The van der Waals surface area contributed by atoms with Crippen molar-refractivity contribution in [1.82, 2.24) is 0 Å². The smallest absolute Gasteiger partial charge is 0.0865 e. The summed E-state index contributed by atoms with van der Waals surface area (Å²) >= 11 is 2.29. The molecule has 0 saturated heterocycles. The quantitative estimate of drug-likeness (QED) is 0.384. The van der Waals surface area contributed by atoms with Crippen molar-refractivity contribution in [2.75, 3.05) is 4.43 Å². The van der Waals surface area contributed by atoms with Gasteiger partial charge in [-0.1, -0.05) is 47.7 Å². The summed E-state index contributed by atoms with van der Waals surface area (Å²) in [5, 5.41) is 1.35. The Morgan fingerprint density at radius 3 is 1.90 bits per heavy atom. The van der Waals surface area contributed by atoms with Crippen LogP contribution in [0.4, 0.5) is 0 Å². The van der Waals surface area contributed by atoms with Crippen molar-refractivity contribution < 1.29 is 0 Å². The average Bonchev–Trinajstić information content (AvgIpc) is 1.91. The van der Waals surface area contributed by atoms with Crippen LogP contribution >= 0.6 is 31.8 Å². The molecule has 1 atom stereocenters. The lowest BCUT2D eigenvalue weighted by molar-refractivity contribution is 1.58. The average molecular weight is 267 g/mol. The summed E-state index contributed by atoms with van der Waals surface area (Å²) in [6.45, 7) is 2.11. The van der Waals surface area contributed by atoms with Crippen LogP contribution in [0.25, 0.3) is 0 Å². The highest BCUT2D eigenvalue weighted by atomic mass is 127. The summed E-state index contributed by atoms with van der Waals surface area (Å²) in [5.74, 6) is 0. The monoisotopic (exact) mass is 267 g/mol. The second-order valence-electron chi connectivity index (χ2n) is 1.75. The first-order chi connectivity index (χ1) is 4.81. The number of hydrogen-bond acceptors (Lipinski definition) is 0. The fourth-order valence-corrected chi connectivity index (χ4v) is 0.750. The van der Waals surface area contributed by atoms with Crippen molar-refractivity contribution in [3.63, 3.8) is 0 Å².